The molecule has 0 amide bonds. The summed E-state index contributed by atoms with van der Waals surface area (Å²) in [6.45, 7) is 14.4. The lowest BCUT2D eigenvalue weighted by atomic mass is 9.47. The van der Waals surface area contributed by atoms with Crippen LogP contribution in [0.3, 0.4) is 0 Å². The Morgan fingerprint density at radius 3 is 2.28 bits per heavy atom. The molecule has 2 N–H and O–H groups in total. The van der Waals surface area contributed by atoms with Crippen molar-refractivity contribution in [3.05, 3.63) is 41.5 Å². The van der Waals surface area contributed by atoms with E-state index in [0.717, 1.165) is 53.9 Å². The van der Waals surface area contributed by atoms with E-state index in [-0.39, 0.29) is 11.0 Å². The number of fused-ring (bicyclic) bond motifs is 5. The maximum absolute atomic E-state index is 10.5. The molecule has 39 heavy (non-hydrogen) atoms. The lowest BCUT2D eigenvalue weighted by Gasteiger charge is -2.58. The topological polar surface area (TPSA) is 74.6 Å². The Morgan fingerprint density at radius 1 is 0.949 bits per heavy atom. The van der Waals surface area contributed by atoms with E-state index >= 15 is 0 Å². The Labute approximate surface area is 238 Å². The number of rotatable bonds is 6. The molecule has 4 aliphatic carbocycles. The molecule has 0 radical (unpaired) electrons. The Kier molecular flexibility index (Phi) is 9.45. The molecule has 0 aliphatic heterocycles. The van der Waals surface area contributed by atoms with Crippen LogP contribution in [0.15, 0.2) is 40.8 Å². The minimum Gasteiger partial charge on any atom is -0.393 e. The van der Waals surface area contributed by atoms with Crippen LogP contribution in [0.25, 0.3) is 0 Å². The summed E-state index contributed by atoms with van der Waals surface area (Å²) in [6.07, 6.45) is 17.2. The third-order valence-corrected chi connectivity index (χ3v) is 12.5. The van der Waals surface area contributed by atoms with Gasteiger partial charge in [0.1, 0.15) is 0 Å². The van der Waals surface area contributed by atoms with Crippen molar-refractivity contribution >= 4 is 10.1 Å². The largest absolute Gasteiger partial charge is 0.393 e. The van der Waals surface area contributed by atoms with Crippen molar-refractivity contribution in [2.75, 3.05) is 0 Å². The summed E-state index contributed by atoms with van der Waals surface area (Å²) in [5.74, 6) is 5.46. The molecule has 0 heterocycles. The van der Waals surface area contributed by atoms with Crippen molar-refractivity contribution in [1.29, 1.82) is 0 Å². The van der Waals surface area contributed by atoms with Gasteiger partial charge in [-0.1, -0.05) is 83.2 Å². The third kappa shape index (κ3) is 6.51. The smallest absolute Gasteiger partial charge is 0.294 e. The fraction of sp³-hybridized carbons (Fsp3) is 0.765. The first kappa shape index (κ1) is 30.8. The Morgan fingerprint density at radius 2 is 1.64 bits per heavy atom. The molecule has 0 spiro atoms. The highest BCUT2D eigenvalue weighted by Gasteiger charge is 2.59. The first-order valence-electron chi connectivity index (χ1n) is 15.7. The van der Waals surface area contributed by atoms with Crippen LogP contribution >= 0.6 is 0 Å². The van der Waals surface area contributed by atoms with Crippen LogP contribution in [0.2, 0.25) is 0 Å². The number of hydrogen-bond donors (Lipinski definition) is 2. The number of aliphatic hydroxyl groups excluding tert-OH is 1. The molecule has 3 saturated carbocycles. The molecule has 4 nitrogen and oxygen atoms in total. The highest BCUT2D eigenvalue weighted by Crippen LogP contribution is 2.67. The van der Waals surface area contributed by atoms with Gasteiger partial charge in [-0.3, -0.25) is 4.55 Å². The predicted molar refractivity (Wildman–Crippen MR) is 160 cm³/mol. The van der Waals surface area contributed by atoms with E-state index in [1.54, 1.807) is 17.7 Å². The van der Waals surface area contributed by atoms with Crippen LogP contribution in [0.5, 0.6) is 0 Å². The highest BCUT2D eigenvalue weighted by atomic mass is 32.2. The van der Waals surface area contributed by atoms with Crippen molar-refractivity contribution < 1.29 is 18.1 Å². The third-order valence-electron chi connectivity index (χ3n) is 11.6. The number of aliphatic hydroxyl groups is 1. The maximum Gasteiger partial charge on any atom is 0.294 e. The molecule has 8 atom stereocenters. The second kappa shape index (κ2) is 12.0. The zero-order chi connectivity index (χ0) is 28.6. The van der Waals surface area contributed by atoms with Gasteiger partial charge in [0, 0.05) is 0 Å². The van der Waals surface area contributed by atoms with Gasteiger partial charge in [-0.15, -0.1) is 0 Å². The van der Waals surface area contributed by atoms with E-state index in [2.05, 4.69) is 40.7 Å². The normalized spacial score (nSPS) is 36.6. The van der Waals surface area contributed by atoms with E-state index in [1.165, 1.54) is 69.9 Å². The average molecular weight is 559 g/mol. The minimum atomic E-state index is -4.02. The van der Waals surface area contributed by atoms with Crippen LogP contribution in [0, 0.1) is 53.3 Å². The molecular weight excluding hydrogens is 504 g/mol. The Hall–Kier alpha value is -1.17. The van der Waals surface area contributed by atoms with Crippen LogP contribution in [-0.2, 0) is 10.1 Å². The van der Waals surface area contributed by atoms with Crippen molar-refractivity contribution in [2.24, 2.45) is 46.3 Å². The zero-order valence-corrected chi connectivity index (χ0v) is 26.1. The van der Waals surface area contributed by atoms with Gasteiger partial charge < -0.3 is 5.11 Å². The first-order chi connectivity index (χ1) is 18.3. The predicted octanol–water partition coefficient (Wildman–Crippen LogP) is 8.63. The standard InChI is InChI=1S/C27H46O.C7H8O3S/c1-18(2)7-6-8-19(3)23-11-12-24-22-10-9-20-17-21(28)13-15-26(20,4)25(22)14-16-27(23,24)5;1-6-2-4-7(5-3-6)11(8,9)10/h9,18-19,21-25,28H,6-8,10-17H2,1-5H3;2-5H,1H3,(H,8,9,10)/t19-,21+,22+,23-,24+,25+,26+,27-;/m1./s1. The van der Waals surface area contributed by atoms with Crippen LogP contribution in [-0.4, -0.2) is 24.2 Å². The Bertz CT molecular complexity index is 1110. The summed E-state index contributed by atoms with van der Waals surface area (Å²) >= 11 is 0. The van der Waals surface area contributed by atoms with Gasteiger partial charge in [0.25, 0.3) is 10.1 Å². The van der Waals surface area contributed by atoms with Crippen molar-refractivity contribution in [3.63, 3.8) is 0 Å². The van der Waals surface area contributed by atoms with Gasteiger partial charge in [-0.25, -0.2) is 0 Å². The van der Waals surface area contributed by atoms with Gasteiger partial charge in [0.2, 0.25) is 0 Å². The fourth-order valence-electron chi connectivity index (χ4n) is 9.38. The quantitative estimate of drug-likeness (QED) is 0.271. The van der Waals surface area contributed by atoms with E-state index in [1.807, 2.05) is 6.92 Å². The fourth-order valence-corrected chi connectivity index (χ4v) is 9.86. The molecule has 3 fully saturated rings. The summed E-state index contributed by atoms with van der Waals surface area (Å²) in [5, 5.41) is 10.2. The molecule has 4 aliphatic rings. The zero-order valence-electron chi connectivity index (χ0n) is 25.3. The van der Waals surface area contributed by atoms with Crippen LogP contribution < -0.4 is 0 Å². The molecule has 1 aromatic rings. The SMILES string of the molecule is CC(C)CCC[C@@H](C)[C@H]1CC[C@H]2[C@@H]3CC=C4C[C@@H](O)CC[C@]4(C)[C@H]3CC[C@]12C.Cc1ccc(S(=O)(=O)O)cc1. The molecule has 0 saturated heterocycles. The minimum absolute atomic E-state index is 0.0666. The van der Waals surface area contributed by atoms with Gasteiger partial charge in [-0.2, -0.15) is 8.42 Å². The summed E-state index contributed by atoms with van der Waals surface area (Å²) in [7, 11) is -4.02. The molecule has 0 bridgehead atoms. The van der Waals surface area contributed by atoms with Crippen molar-refractivity contribution in [2.45, 2.75) is 123 Å². The monoisotopic (exact) mass is 558 g/mol. The van der Waals surface area contributed by atoms with Crippen LogP contribution in [0.1, 0.15) is 111 Å². The molecule has 5 heteroatoms. The van der Waals surface area contributed by atoms with Gasteiger partial charge in [0.15, 0.2) is 0 Å². The molecule has 0 unspecified atom stereocenters. The second-order valence-electron chi connectivity index (χ2n) is 14.5. The van der Waals surface area contributed by atoms with Gasteiger partial charge >= 0.3 is 0 Å². The second-order valence-corrected chi connectivity index (χ2v) is 15.9. The number of benzene rings is 1. The first-order valence-corrected chi connectivity index (χ1v) is 17.1. The van der Waals surface area contributed by atoms with E-state index in [4.69, 9.17) is 4.55 Å². The highest BCUT2D eigenvalue weighted by molar-refractivity contribution is 7.85. The lowest BCUT2D eigenvalue weighted by molar-refractivity contribution is -0.0573. The van der Waals surface area contributed by atoms with Gasteiger partial charge in [0.05, 0.1) is 11.0 Å². The molecule has 220 valence electrons. The lowest BCUT2D eigenvalue weighted by Crippen LogP contribution is -2.50. The van der Waals surface area contributed by atoms with Crippen molar-refractivity contribution in [3.8, 4) is 0 Å². The van der Waals surface area contributed by atoms with Crippen LogP contribution in [0.4, 0.5) is 0 Å². The number of hydrogen-bond acceptors (Lipinski definition) is 3. The van der Waals surface area contributed by atoms with Gasteiger partial charge in [-0.05, 0) is 117 Å². The summed E-state index contributed by atoms with van der Waals surface area (Å²) in [4.78, 5) is -0.0666. The molecule has 5 rings (SSSR count). The number of aryl methyl sites for hydroxylation is 1. The van der Waals surface area contributed by atoms with Crippen molar-refractivity contribution in [1.82, 2.24) is 0 Å². The molecule has 0 aromatic heterocycles. The molecular formula is C34H54O4S. The van der Waals surface area contributed by atoms with E-state index in [9.17, 15) is 13.5 Å². The summed E-state index contributed by atoms with van der Waals surface area (Å²) in [5.41, 5.74) is 3.56. The number of allylic oxidation sites excluding steroid dienone is 1. The summed E-state index contributed by atoms with van der Waals surface area (Å²) < 4.78 is 29.6. The molecule has 1 aromatic carbocycles. The summed E-state index contributed by atoms with van der Waals surface area (Å²) in [6, 6.07) is 5.99. The average Bonchev–Trinajstić information content (AvgIpc) is 3.21. The maximum atomic E-state index is 10.5. The van der Waals surface area contributed by atoms with E-state index < -0.39 is 10.1 Å². The Balaban J connectivity index is 0.000000270. The van der Waals surface area contributed by atoms with E-state index in [0.29, 0.717) is 10.8 Å².